The van der Waals surface area contributed by atoms with Crippen LogP contribution in [0.3, 0.4) is 0 Å². The van der Waals surface area contributed by atoms with Crippen LogP contribution in [0.25, 0.3) is 17.3 Å². The molecule has 0 aliphatic carbocycles. The van der Waals surface area contributed by atoms with Gasteiger partial charge in [0.15, 0.2) is 0 Å². The van der Waals surface area contributed by atoms with Gasteiger partial charge in [-0.2, -0.15) is 0 Å². The number of nitrogens with one attached hydrogen (secondary N) is 1. The first-order valence-corrected chi connectivity index (χ1v) is 12.4. The van der Waals surface area contributed by atoms with Gasteiger partial charge in [0.05, 0.1) is 0 Å². The van der Waals surface area contributed by atoms with E-state index in [0.717, 1.165) is 22.4 Å². The van der Waals surface area contributed by atoms with E-state index in [1.165, 1.54) is 18.2 Å². The third kappa shape index (κ3) is 6.00. The zero-order valence-corrected chi connectivity index (χ0v) is 19.1. The summed E-state index contributed by atoms with van der Waals surface area (Å²) >= 11 is 0. The van der Waals surface area contributed by atoms with E-state index in [2.05, 4.69) is 10.4 Å². The summed E-state index contributed by atoms with van der Waals surface area (Å²) in [4.78, 5) is 23.0. The van der Waals surface area contributed by atoms with Gasteiger partial charge in [-0.05, 0) is 24.3 Å². The van der Waals surface area contributed by atoms with Gasteiger partial charge in [0.1, 0.15) is 5.82 Å². The van der Waals surface area contributed by atoms with Crippen LogP contribution in [0.2, 0.25) is 0 Å². The van der Waals surface area contributed by atoms with Crippen molar-refractivity contribution in [3.8, 4) is 11.3 Å². The Morgan fingerprint density at radius 3 is 2.48 bits per heavy atom. The van der Waals surface area contributed by atoms with Gasteiger partial charge < -0.3 is 0 Å². The summed E-state index contributed by atoms with van der Waals surface area (Å²) in [6, 6.07) is 13.3. The smallest absolute Gasteiger partial charge is 0.207 e. The van der Waals surface area contributed by atoms with Crippen molar-refractivity contribution in [2.75, 3.05) is 18.5 Å². The summed E-state index contributed by atoms with van der Waals surface area (Å²) in [5.74, 6) is -0.614. The normalized spacial score (nSPS) is 16.5. The number of amides is 1. The molecule has 4 rings (SSSR count). The summed E-state index contributed by atoms with van der Waals surface area (Å²) in [5, 5.41) is 7.05. The molecule has 0 unspecified atom stereocenters. The van der Waals surface area contributed by atoms with Crippen LogP contribution < -0.4 is 5.32 Å². The van der Waals surface area contributed by atoms with E-state index < -0.39 is 7.94 Å². The monoisotopic (exact) mass is 469 g/mol. The Balaban J connectivity index is 1.39. The van der Waals surface area contributed by atoms with E-state index in [9.17, 15) is 14.1 Å². The maximum atomic E-state index is 13.3. The molecule has 0 radical (unpaired) electrons. The van der Waals surface area contributed by atoms with Gasteiger partial charge in [-0.3, -0.25) is 0 Å². The molecule has 0 spiro atoms. The number of carbonyl (C=O) groups is 1. The molecule has 9 heteroatoms. The van der Waals surface area contributed by atoms with Crippen molar-refractivity contribution in [3.05, 3.63) is 89.9 Å². The van der Waals surface area contributed by atoms with E-state index >= 15 is 0 Å². The number of rotatable bonds is 6. The zero-order valence-electron chi connectivity index (χ0n) is 18.1. The van der Waals surface area contributed by atoms with Gasteiger partial charge >= 0.3 is 150 Å². The van der Waals surface area contributed by atoms with Crippen LogP contribution >= 0.6 is 7.94 Å². The van der Waals surface area contributed by atoms with Crippen LogP contribution in [0.4, 0.5) is 10.1 Å². The Morgan fingerprint density at radius 1 is 1.15 bits per heavy atom. The Kier molecular flexibility index (Phi) is 7.11. The molecular formula is C24H25FN3O4P. The van der Waals surface area contributed by atoms with Gasteiger partial charge in [0.25, 0.3) is 0 Å². The Labute approximate surface area is 191 Å². The molecule has 0 saturated carbocycles. The van der Waals surface area contributed by atoms with E-state index in [1.807, 2.05) is 24.3 Å². The van der Waals surface area contributed by atoms with Gasteiger partial charge in [-0.1, -0.05) is 0 Å². The summed E-state index contributed by atoms with van der Waals surface area (Å²) < 4.78 is 25.9. The molecule has 1 aliphatic rings. The Hall–Kier alpha value is -3.16. The van der Waals surface area contributed by atoms with E-state index in [-0.39, 0.29) is 11.7 Å². The fourth-order valence-corrected chi connectivity index (χ4v) is 5.24. The third-order valence-corrected chi connectivity index (χ3v) is 7.22. The van der Waals surface area contributed by atoms with Crippen molar-refractivity contribution in [3.63, 3.8) is 0 Å². The standard InChI is InChI=1S/C24H25FN3O4P/c1-28-24(19-6-9-21(25)10-7-19)20(16-26-28)8-13-23(29)27-22-11-4-18(5-12-22)17-33(30)31-14-2-3-15-32-33/h2-13,16,30,33H,14-15,17H2,1H3,(H,27,29)/b13-8+. The molecule has 172 valence electrons. The summed E-state index contributed by atoms with van der Waals surface area (Å²) in [7, 11) is -1.46. The molecular weight excluding hydrogens is 444 g/mol. The number of aryl methyl sites for hydroxylation is 1. The van der Waals surface area contributed by atoms with Gasteiger partial charge in [-0.25, -0.2) is 4.39 Å². The minimum Gasteiger partial charge on any atom is -0.207 e. The number of hydrogen-bond acceptors (Lipinski definition) is 5. The average molecular weight is 469 g/mol. The molecule has 1 amide bonds. The SMILES string of the molecule is Cn1ncc(/C=C/C(=O)Nc2ccc(C[PH]3(O)OCC=CCO3)cc2)c1-c1ccc(F)cc1. The predicted octanol–water partition coefficient (Wildman–Crippen LogP) is 4.47. The summed E-state index contributed by atoms with van der Waals surface area (Å²) in [6.45, 7) is 0.673. The van der Waals surface area contributed by atoms with Crippen molar-refractivity contribution in [1.29, 1.82) is 0 Å². The van der Waals surface area contributed by atoms with Crippen molar-refractivity contribution in [2.45, 2.75) is 6.16 Å². The molecule has 3 aromatic rings. The van der Waals surface area contributed by atoms with Crippen LogP contribution in [0.1, 0.15) is 11.1 Å². The first kappa shape index (κ1) is 23.0. The van der Waals surface area contributed by atoms with Crippen LogP contribution in [-0.2, 0) is 27.1 Å². The topological polar surface area (TPSA) is 85.6 Å². The fourth-order valence-electron chi connectivity index (χ4n) is 3.49. The number of nitrogens with zero attached hydrogens (tertiary/aromatic N) is 2. The van der Waals surface area contributed by atoms with Crippen LogP contribution in [0, 0.1) is 5.82 Å². The number of benzene rings is 2. The molecule has 0 atom stereocenters. The first-order chi connectivity index (χ1) is 15.9. The number of hydrogen-bond donors (Lipinski definition) is 2. The number of anilines is 1. The molecule has 2 heterocycles. The predicted molar refractivity (Wildman–Crippen MR) is 128 cm³/mol. The Morgan fingerprint density at radius 2 is 1.82 bits per heavy atom. The fraction of sp³-hybridized carbons (Fsp3) is 0.167. The van der Waals surface area contributed by atoms with Gasteiger partial charge in [0.2, 0.25) is 0 Å². The number of aromatic nitrogens is 2. The maximum absolute atomic E-state index is 13.3. The van der Waals surface area contributed by atoms with Gasteiger partial charge in [-0.15, -0.1) is 0 Å². The number of halogens is 1. The minimum atomic E-state index is -3.25. The number of carbonyl (C=O) groups excluding carboxylic acids is 1. The third-order valence-electron chi connectivity index (χ3n) is 5.12. The second-order valence-electron chi connectivity index (χ2n) is 7.58. The van der Waals surface area contributed by atoms with Crippen molar-refractivity contribution in [2.24, 2.45) is 7.05 Å². The van der Waals surface area contributed by atoms with E-state index in [4.69, 9.17) is 9.05 Å². The van der Waals surface area contributed by atoms with Crippen molar-refractivity contribution < 1.29 is 23.1 Å². The van der Waals surface area contributed by atoms with Crippen LogP contribution in [0.15, 0.2) is 73.0 Å². The molecule has 1 aliphatic heterocycles. The second kappa shape index (κ2) is 10.2. The Bertz CT molecular complexity index is 1160. The van der Waals surface area contributed by atoms with E-state index in [0.29, 0.717) is 25.1 Å². The molecule has 33 heavy (non-hydrogen) atoms. The summed E-state index contributed by atoms with van der Waals surface area (Å²) in [6.07, 6.45) is 8.70. The first-order valence-electron chi connectivity index (χ1n) is 10.4. The van der Waals surface area contributed by atoms with E-state index in [1.54, 1.807) is 48.3 Å². The summed E-state index contributed by atoms with van der Waals surface area (Å²) in [5.41, 5.74) is 3.80. The zero-order chi connectivity index (χ0) is 23.3. The minimum absolute atomic E-state index is 0.300. The van der Waals surface area contributed by atoms with Crippen LogP contribution in [0.5, 0.6) is 0 Å². The molecule has 0 fully saturated rings. The molecule has 2 N–H and O–H groups in total. The van der Waals surface area contributed by atoms with Crippen LogP contribution in [-0.4, -0.2) is 33.8 Å². The quantitative estimate of drug-likeness (QED) is 0.316. The average Bonchev–Trinajstić information content (AvgIpc) is 3.03. The molecule has 7 nitrogen and oxygen atoms in total. The second-order valence-corrected chi connectivity index (χ2v) is 9.94. The van der Waals surface area contributed by atoms with Crippen molar-refractivity contribution in [1.82, 2.24) is 9.78 Å². The molecule has 1 aromatic heterocycles. The molecule has 2 aromatic carbocycles. The molecule has 0 bridgehead atoms. The van der Waals surface area contributed by atoms with Crippen molar-refractivity contribution >= 4 is 25.6 Å². The van der Waals surface area contributed by atoms with Gasteiger partial charge in [0, 0.05) is 7.05 Å². The molecule has 0 saturated heterocycles.